The highest BCUT2D eigenvalue weighted by atomic mass is 16.5. The van der Waals surface area contributed by atoms with Gasteiger partial charge in [0, 0.05) is 5.56 Å². The number of carbonyl (C=O) groups is 1. The van der Waals surface area contributed by atoms with E-state index in [0.29, 0.717) is 23.9 Å². The van der Waals surface area contributed by atoms with E-state index in [9.17, 15) is 4.79 Å². The highest BCUT2D eigenvalue weighted by Crippen LogP contribution is 2.19. The molecule has 0 aliphatic heterocycles. The Labute approximate surface area is 164 Å². The molecule has 0 spiro atoms. The highest BCUT2D eigenvalue weighted by molar-refractivity contribution is 5.81. The molecule has 28 heavy (non-hydrogen) atoms. The number of ether oxygens (including phenoxy) is 1. The molecule has 3 aromatic rings. The van der Waals surface area contributed by atoms with E-state index in [-0.39, 0.29) is 12.5 Å². The molecule has 0 fully saturated rings. The van der Waals surface area contributed by atoms with Crippen molar-refractivity contribution in [1.82, 2.24) is 15.5 Å². The molecule has 146 valence electrons. The lowest BCUT2D eigenvalue weighted by atomic mass is 10.1. The molecule has 0 bridgehead atoms. The van der Waals surface area contributed by atoms with Gasteiger partial charge in [-0.1, -0.05) is 48.0 Å². The van der Waals surface area contributed by atoms with Gasteiger partial charge >= 0.3 is 0 Å². The molecule has 0 unspecified atom stereocenters. The number of rotatable bonds is 7. The van der Waals surface area contributed by atoms with Gasteiger partial charge < -0.3 is 14.6 Å². The van der Waals surface area contributed by atoms with Gasteiger partial charge in [-0.3, -0.25) is 4.79 Å². The maximum absolute atomic E-state index is 12.5. The summed E-state index contributed by atoms with van der Waals surface area (Å²) in [6.45, 7) is 8.09. The number of benzene rings is 2. The largest absolute Gasteiger partial charge is 0.481 e. The third-order valence-corrected chi connectivity index (χ3v) is 4.33. The second kappa shape index (κ2) is 8.69. The molecule has 2 aromatic carbocycles. The van der Waals surface area contributed by atoms with Crippen molar-refractivity contribution >= 4 is 5.91 Å². The molecule has 1 N–H and O–H groups in total. The fraction of sp³-hybridized carbons (Fsp3) is 0.318. The van der Waals surface area contributed by atoms with E-state index in [4.69, 9.17) is 9.26 Å². The number of aryl methyl sites for hydroxylation is 3. The second-order valence-corrected chi connectivity index (χ2v) is 6.93. The van der Waals surface area contributed by atoms with Gasteiger partial charge in [0.2, 0.25) is 11.7 Å². The lowest BCUT2D eigenvalue weighted by Gasteiger charge is -2.17. The first-order chi connectivity index (χ1) is 13.4. The number of amides is 1. The normalized spacial score (nSPS) is 11.9. The predicted octanol–water partition coefficient (Wildman–Crippen LogP) is 4.14. The van der Waals surface area contributed by atoms with E-state index in [0.717, 1.165) is 22.3 Å². The summed E-state index contributed by atoms with van der Waals surface area (Å²) in [5, 5.41) is 6.79. The average Bonchev–Trinajstić information content (AvgIpc) is 3.13. The fourth-order valence-corrected chi connectivity index (χ4v) is 2.91. The molecular formula is C22H25N3O3. The molecule has 6 nitrogen and oxygen atoms in total. The number of carbonyl (C=O) groups excluding carboxylic acids is 1. The van der Waals surface area contributed by atoms with Crippen molar-refractivity contribution in [3.8, 4) is 17.1 Å². The molecule has 0 saturated heterocycles. The Balaban J connectivity index is 1.60. The van der Waals surface area contributed by atoms with Crippen LogP contribution in [0.3, 0.4) is 0 Å². The Morgan fingerprint density at radius 2 is 1.75 bits per heavy atom. The minimum absolute atomic E-state index is 0.157. The standard InChI is InChI=1S/C22H25N3O3/c1-5-19(27-18-11-15(3)10-16(4)12-18)22(26)23-13-20-24-21(25-28-20)17-8-6-14(2)7-9-17/h6-12,19H,5,13H2,1-4H3,(H,23,26)/t19-/m1/s1. The van der Waals surface area contributed by atoms with Gasteiger partial charge in [0.25, 0.3) is 5.91 Å². The Hall–Kier alpha value is -3.15. The molecule has 0 radical (unpaired) electrons. The van der Waals surface area contributed by atoms with Crippen molar-refractivity contribution in [1.29, 1.82) is 0 Å². The zero-order chi connectivity index (χ0) is 20.1. The Morgan fingerprint density at radius 3 is 2.39 bits per heavy atom. The minimum atomic E-state index is -0.583. The van der Waals surface area contributed by atoms with Crippen LogP contribution >= 0.6 is 0 Å². The molecular weight excluding hydrogens is 354 g/mol. The van der Waals surface area contributed by atoms with E-state index in [1.807, 2.05) is 64.1 Å². The van der Waals surface area contributed by atoms with Crippen LogP contribution in [0.15, 0.2) is 47.0 Å². The van der Waals surface area contributed by atoms with Crippen LogP contribution in [0, 0.1) is 20.8 Å². The monoisotopic (exact) mass is 379 g/mol. The molecule has 1 atom stereocenters. The van der Waals surface area contributed by atoms with Gasteiger partial charge in [-0.05, 0) is 50.5 Å². The van der Waals surface area contributed by atoms with Gasteiger partial charge in [0.15, 0.2) is 6.10 Å². The topological polar surface area (TPSA) is 77.2 Å². The molecule has 0 saturated carbocycles. The second-order valence-electron chi connectivity index (χ2n) is 6.93. The third-order valence-electron chi connectivity index (χ3n) is 4.33. The maximum Gasteiger partial charge on any atom is 0.261 e. The summed E-state index contributed by atoms with van der Waals surface area (Å²) in [6.07, 6.45) is -0.0298. The summed E-state index contributed by atoms with van der Waals surface area (Å²) < 4.78 is 11.1. The van der Waals surface area contributed by atoms with Crippen molar-refractivity contribution in [2.45, 2.75) is 46.8 Å². The third kappa shape index (κ3) is 4.97. The Kier molecular flexibility index (Phi) is 6.09. The Morgan fingerprint density at radius 1 is 1.07 bits per heavy atom. The molecule has 1 aromatic heterocycles. The van der Waals surface area contributed by atoms with Crippen LogP contribution in [0.5, 0.6) is 5.75 Å². The number of hydrogen-bond acceptors (Lipinski definition) is 5. The van der Waals surface area contributed by atoms with Crippen LogP contribution in [0.1, 0.15) is 35.9 Å². The first kappa shape index (κ1) is 19.6. The fourth-order valence-electron chi connectivity index (χ4n) is 2.91. The molecule has 3 rings (SSSR count). The number of aromatic nitrogens is 2. The van der Waals surface area contributed by atoms with Crippen LogP contribution < -0.4 is 10.1 Å². The SMILES string of the molecule is CC[C@@H](Oc1cc(C)cc(C)c1)C(=O)NCc1nc(-c2ccc(C)cc2)no1. The molecule has 1 amide bonds. The maximum atomic E-state index is 12.5. The highest BCUT2D eigenvalue weighted by Gasteiger charge is 2.19. The van der Waals surface area contributed by atoms with E-state index >= 15 is 0 Å². The summed E-state index contributed by atoms with van der Waals surface area (Å²) in [7, 11) is 0. The first-order valence-electron chi connectivity index (χ1n) is 9.37. The average molecular weight is 379 g/mol. The van der Waals surface area contributed by atoms with Gasteiger partial charge in [-0.25, -0.2) is 0 Å². The molecule has 6 heteroatoms. The van der Waals surface area contributed by atoms with E-state index in [2.05, 4.69) is 21.5 Å². The predicted molar refractivity (Wildman–Crippen MR) is 107 cm³/mol. The zero-order valence-electron chi connectivity index (χ0n) is 16.7. The lowest BCUT2D eigenvalue weighted by Crippen LogP contribution is -2.37. The first-order valence-corrected chi connectivity index (χ1v) is 9.37. The van der Waals surface area contributed by atoms with Crippen LogP contribution in [-0.2, 0) is 11.3 Å². The molecule has 0 aliphatic rings. The zero-order valence-corrected chi connectivity index (χ0v) is 16.7. The van der Waals surface area contributed by atoms with Gasteiger partial charge in [-0.15, -0.1) is 0 Å². The number of hydrogen-bond donors (Lipinski definition) is 1. The van der Waals surface area contributed by atoms with Crippen LogP contribution in [0.2, 0.25) is 0 Å². The summed E-state index contributed by atoms with van der Waals surface area (Å²) in [5.74, 6) is 1.34. The smallest absolute Gasteiger partial charge is 0.261 e. The van der Waals surface area contributed by atoms with Gasteiger partial charge in [0.1, 0.15) is 5.75 Å². The van der Waals surface area contributed by atoms with Crippen molar-refractivity contribution < 1.29 is 14.1 Å². The van der Waals surface area contributed by atoms with Gasteiger partial charge in [0.05, 0.1) is 6.54 Å². The summed E-state index contributed by atoms with van der Waals surface area (Å²) >= 11 is 0. The van der Waals surface area contributed by atoms with Crippen molar-refractivity contribution in [2.24, 2.45) is 0 Å². The van der Waals surface area contributed by atoms with E-state index < -0.39 is 6.10 Å². The summed E-state index contributed by atoms with van der Waals surface area (Å²) in [6, 6.07) is 13.8. The summed E-state index contributed by atoms with van der Waals surface area (Å²) in [5.41, 5.74) is 4.23. The Bertz CT molecular complexity index is 928. The minimum Gasteiger partial charge on any atom is -0.481 e. The molecule has 0 aliphatic carbocycles. The van der Waals surface area contributed by atoms with Crippen molar-refractivity contribution in [2.75, 3.05) is 0 Å². The summed E-state index contributed by atoms with van der Waals surface area (Å²) in [4.78, 5) is 16.9. The van der Waals surface area contributed by atoms with Crippen molar-refractivity contribution in [3.63, 3.8) is 0 Å². The van der Waals surface area contributed by atoms with Crippen LogP contribution in [0.25, 0.3) is 11.4 Å². The number of nitrogens with one attached hydrogen (secondary N) is 1. The van der Waals surface area contributed by atoms with Crippen LogP contribution in [0.4, 0.5) is 0 Å². The van der Waals surface area contributed by atoms with Crippen LogP contribution in [-0.4, -0.2) is 22.2 Å². The quantitative estimate of drug-likeness (QED) is 0.668. The van der Waals surface area contributed by atoms with Crippen molar-refractivity contribution in [3.05, 3.63) is 65.0 Å². The van der Waals surface area contributed by atoms with E-state index in [1.165, 1.54) is 0 Å². The lowest BCUT2D eigenvalue weighted by molar-refractivity contribution is -0.128. The van der Waals surface area contributed by atoms with Gasteiger partial charge in [-0.2, -0.15) is 4.98 Å². The molecule has 1 heterocycles. The number of nitrogens with zero attached hydrogens (tertiary/aromatic N) is 2. The van der Waals surface area contributed by atoms with E-state index in [1.54, 1.807) is 0 Å².